The highest BCUT2D eigenvalue weighted by Gasteiger charge is 2.33. The van der Waals surface area contributed by atoms with Crippen LogP contribution in [0.4, 0.5) is 0 Å². The number of hydrogen-bond donors (Lipinski definition) is 7. The maximum Gasteiger partial charge on any atom is 0.326 e. The predicted octanol–water partition coefficient (Wildman–Crippen LogP) is -0.970. The lowest BCUT2D eigenvalue weighted by molar-refractivity contribution is -0.142. The number of nitrogens with two attached hydrogens (primary N) is 1. The van der Waals surface area contributed by atoms with Gasteiger partial charge < -0.3 is 37.2 Å². The molecule has 1 heterocycles. The average Bonchev–Trinajstić information content (AvgIpc) is 3.37. The van der Waals surface area contributed by atoms with Crippen molar-refractivity contribution >= 4 is 23.7 Å². The van der Waals surface area contributed by atoms with Gasteiger partial charge in [0.15, 0.2) is 0 Å². The van der Waals surface area contributed by atoms with Crippen molar-refractivity contribution < 1.29 is 29.4 Å². The third-order valence-corrected chi connectivity index (χ3v) is 5.92. The second-order valence-electron chi connectivity index (χ2n) is 8.81. The summed E-state index contributed by atoms with van der Waals surface area (Å²) < 4.78 is 0. The Morgan fingerprint density at radius 1 is 1.06 bits per heavy atom. The van der Waals surface area contributed by atoms with Gasteiger partial charge >= 0.3 is 5.97 Å². The molecule has 194 valence electrons. The number of carbonyl (C=O) groups is 4. The number of carboxylic acids is 1. The Hall–Kier alpha value is -3.02. The van der Waals surface area contributed by atoms with Crippen molar-refractivity contribution in [3.8, 4) is 0 Å². The number of benzene rings is 1. The van der Waals surface area contributed by atoms with E-state index in [2.05, 4.69) is 21.3 Å². The van der Waals surface area contributed by atoms with Crippen LogP contribution in [0, 0.1) is 0 Å². The molecule has 0 aliphatic carbocycles. The van der Waals surface area contributed by atoms with Gasteiger partial charge in [0.25, 0.3) is 0 Å². The van der Waals surface area contributed by atoms with Crippen molar-refractivity contribution in [3.05, 3.63) is 35.9 Å². The third-order valence-electron chi connectivity index (χ3n) is 5.92. The molecule has 11 nitrogen and oxygen atoms in total. The van der Waals surface area contributed by atoms with E-state index in [9.17, 15) is 29.4 Å². The van der Waals surface area contributed by atoms with Gasteiger partial charge in [-0.15, -0.1) is 0 Å². The van der Waals surface area contributed by atoms with Gasteiger partial charge in [-0.25, -0.2) is 4.79 Å². The highest BCUT2D eigenvalue weighted by molar-refractivity contribution is 5.94. The topological polar surface area (TPSA) is 183 Å². The number of amides is 3. The van der Waals surface area contributed by atoms with Crippen LogP contribution in [0.15, 0.2) is 30.3 Å². The van der Waals surface area contributed by atoms with Gasteiger partial charge in [0.2, 0.25) is 17.7 Å². The molecular weight excluding hydrogens is 454 g/mol. The number of carboxylic acid groups (broad SMARTS) is 1. The van der Waals surface area contributed by atoms with Gasteiger partial charge in [0.05, 0.1) is 12.1 Å². The average molecular weight is 492 g/mol. The number of aliphatic hydroxyl groups is 1. The van der Waals surface area contributed by atoms with Gasteiger partial charge in [-0.2, -0.15) is 0 Å². The molecule has 1 fully saturated rings. The predicted molar refractivity (Wildman–Crippen MR) is 129 cm³/mol. The van der Waals surface area contributed by atoms with Crippen LogP contribution < -0.4 is 27.0 Å². The molecule has 3 amide bonds. The summed E-state index contributed by atoms with van der Waals surface area (Å²) in [6.45, 7) is 2.46. The highest BCUT2D eigenvalue weighted by Crippen LogP contribution is 2.09. The second-order valence-corrected chi connectivity index (χ2v) is 8.81. The number of aliphatic hydroxyl groups excluding tert-OH is 1. The van der Waals surface area contributed by atoms with Crippen molar-refractivity contribution in [2.75, 3.05) is 13.1 Å². The lowest BCUT2D eigenvalue weighted by Gasteiger charge is -2.26. The fraction of sp³-hybridized carbons (Fsp3) is 0.583. The summed E-state index contributed by atoms with van der Waals surface area (Å²) in [5.74, 6) is -2.99. The van der Waals surface area contributed by atoms with Crippen LogP contribution >= 0.6 is 0 Å². The number of aliphatic carboxylic acids is 1. The number of carbonyl (C=O) groups excluding carboxylic acids is 3. The Labute approximate surface area is 205 Å². The summed E-state index contributed by atoms with van der Waals surface area (Å²) in [6, 6.07) is 4.91. The van der Waals surface area contributed by atoms with Crippen LogP contribution in [0.1, 0.15) is 44.6 Å². The van der Waals surface area contributed by atoms with Gasteiger partial charge in [0.1, 0.15) is 18.1 Å². The zero-order valence-corrected chi connectivity index (χ0v) is 20.0. The number of rotatable bonds is 14. The summed E-state index contributed by atoms with van der Waals surface area (Å²) in [5, 5.41) is 30.4. The van der Waals surface area contributed by atoms with Crippen LogP contribution in [0.3, 0.4) is 0 Å². The smallest absolute Gasteiger partial charge is 0.326 e. The molecule has 1 aliphatic heterocycles. The summed E-state index contributed by atoms with van der Waals surface area (Å²) in [4.78, 5) is 50.2. The van der Waals surface area contributed by atoms with E-state index < -0.39 is 54.0 Å². The first kappa shape index (κ1) is 28.2. The maximum absolute atomic E-state index is 13.0. The summed E-state index contributed by atoms with van der Waals surface area (Å²) in [6.07, 6.45) is 1.67. The first-order chi connectivity index (χ1) is 16.7. The molecule has 1 aromatic rings. The first-order valence-corrected chi connectivity index (χ1v) is 12.0. The molecule has 11 heteroatoms. The molecule has 0 aromatic heterocycles. The molecular formula is C24H37N5O6. The lowest BCUT2D eigenvalue weighted by Crippen LogP contribution is -2.59. The summed E-state index contributed by atoms with van der Waals surface area (Å²) in [5.41, 5.74) is 6.29. The molecule has 0 bridgehead atoms. The third kappa shape index (κ3) is 9.27. The van der Waals surface area contributed by atoms with Crippen LogP contribution in [-0.2, 0) is 25.6 Å². The fourth-order valence-corrected chi connectivity index (χ4v) is 3.91. The molecule has 5 unspecified atom stereocenters. The largest absolute Gasteiger partial charge is 0.480 e. The monoisotopic (exact) mass is 491 g/mol. The molecule has 8 N–H and O–H groups in total. The van der Waals surface area contributed by atoms with E-state index in [1.54, 1.807) is 30.3 Å². The van der Waals surface area contributed by atoms with E-state index in [0.29, 0.717) is 32.4 Å². The van der Waals surface area contributed by atoms with Gasteiger partial charge in [0, 0.05) is 6.42 Å². The molecule has 2 rings (SSSR count). The highest BCUT2D eigenvalue weighted by atomic mass is 16.4. The van der Waals surface area contributed by atoms with Crippen LogP contribution in [0.25, 0.3) is 0 Å². The quantitative estimate of drug-likeness (QED) is 0.162. The summed E-state index contributed by atoms with van der Waals surface area (Å²) in [7, 11) is 0. The number of hydrogen-bond acceptors (Lipinski definition) is 7. The van der Waals surface area contributed by atoms with Crippen molar-refractivity contribution in [1.82, 2.24) is 21.3 Å². The minimum Gasteiger partial charge on any atom is -0.480 e. The zero-order valence-electron chi connectivity index (χ0n) is 20.0. The summed E-state index contributed by atoms with van der Waals surface area (Å²) >= 11 is 0. The van der Waals surface area contributed by atoms with Crippen molar-refractivity contribution in [3.63, 3.8) is 0 Å². The molecule has 0 saturated carbocycles. The zero-order chi connectivity index (χ0) is 25.8. The fourth-order valence-electron chi connectivity index (χ4n) is 3.91. The van der Waals surface area contributed by atoms with Gasteiger partial charge in [-0.3, -0.25) is 14.4 Å². The lowest BCUT2D eigenvalue weighted by atomic mass is 10.0. The SMILES string of the molecule is CC(O)C(NC(=O)C1CCCN1)C(=O)NC(CCCCN)C(=O)NC(Cc1ccccc1)C(=O)O. The van der Waals surface area contributed by atoms with Crippen molar-refractivity contribution in [2.45, 2.75) is 75.7 Å². The molecule has 1 aromatic carbocycles. The Bertz CT molecular complexity index is 844. The first-order valence-electron chi connectivity index (χ1n) is 12.0. The minimum atomic E-state index is -1.27. The molecule has 0 spiro atoms. The molecule has 1 aliphatic rings. The Morgan fingerprint density at radius 2 is 1.74 bits per heavy atom. The van der Waals surface area contributed by atoms with E-state index >= 15 is 0 Å². The van der Waals surface area contributed by atoms with E-state index in [1.165, 1.54) is 6.92 Å². The Kier molecular flexibility index (Phi) is 11.6. The van der Waals surface area contributed by atoms with Crippen LogP contribution in [0.2, 0.25) is 0 Å². The molecule has 1 saturated heterocycles. The standard InChI is InChI=1S/C24H37N5O6/c1-15(30)20(29-21(31)17-11-7-13-26-17)23(33)27-18(10-5-6-12-25)22(32)28-19(24(34)35)14-16-8-3-2-4-9-16/h2-4,8-9,15,17-20,26,30H,5-7,10-14,25H2,1H3,(H,27,33)(H,28,32)(H,29,31)(H,34,35). The second kappa shape index (κ2) is 14.4. The molecule has 35 heavy (non-hydrogen) atoms. The number of nitrogens with one attached hydrogen (secondary N) is 4. The Balaban J connectivity index is 2.09. The van der Waals surface area contributed by atoms with Gasteiger partial charge in [-0.1, -0.05) is 30.3 Å². The molecule has 5 atom stereocenters. The van der Waals surface area contributed by atoms with Crippen LogP contribution in [0.5, 0.6) is 0 Å². The number of unbranched alkanes of at least 4 members (excludes halogenated alkanes) is 1. The maximum atomic E-state index is 13.0. The van der Waals surface area contributed by atoms with Crippen molar-refractivity contribution in [1.29, 1.82) is 0 Å². The van der Waals surface area contributed by atoms with Crippen molar-refractivity contribution in [2.24, 2.45) is 5.73 Å². The van der Waals surface area contributed by atoms with E-state index in [0.717, 1.165) is 12.0 Å². The van der Waals surface area contributed by atoms with Crippen LogP contribution in [-0.4, -0.2) is 77.3 Å². The molecule has 0 radical (unpaired) electrons. The normalized spacial score (nSPS) is 18.7. The van der Waals surface area contributed by atoms with Gasteiger partial charge in [-0.05, 0) is 57.7 Å². The minimum absolute atomic E-state index is 0.0755. The van der Waals surface area contributed by atoms with E-state index in [1.807, 2.05) is 0 Å². The van der Waals surface area contributed by atoms with E-state index in [-0.39, 0.29) is 12.8 Å². The van der Waals surface area contributed by atoms with E-state index in [4.69, 9.17) is 5.73 Å². The Morgan fingerprint density at radius 3 is 2.31 bits per heavy atom.